The number of nitrogens with zero attached hydrogens (tertiary/aromatic N) is 3. The van der Waals surface area contributed by atoms with Crippen LogP contribution in [0.15, 0.2) is 0 Å². The Kier molecular flexibility index (Phi) is 3.14. The fraction of sp³-hybridized carbons (Fsp3) is 0.667. The predicted molar refractivity (Wildman–Crippen MR) is 55.5 cm³/mol. The van der Waals surface area contributed by atoms with E-state index in [0.29, 0.717) is 6.42 Å². The van der Waals surface area contributed by atoms with Crippen molar-refractivity contribution in [1.82, 2.24) is 20.1 Å². The summed E-state index contributed by atoms with van der Waals surface area (Å²) < 4.78 is 37.8. The molecular formula is C9H12F3N5O. The highest BCUT2D eigenvalue weighted by Crippen LogP contribution is 2.33. The quantitative estimate of drug-likeness (QED) is 0.784. The van der Waals surface area contributed by atoms with E-state index in [2.05, 4.69) is 15.2 Å². The molecule has 2 heterocycles. The lowest BCUT2D eigenvalue weighted by Crippen LogP contribution is -2.44. The van der Waals surface area contributed by atoms with E-state index < -0.39 is 18.0 Å². The van der Waals surface area contributed by atoms with Gasteiger partial charge >= 0.3 is 6.18 Å². The van der Waals surface area contributed by atoms with E-state index in [4.69, 9.17) is 5.73 Å². The van der Waals surface area contributed by atoms with Gasteiger partial charge in [0.05, 0.1) is 5.92 Å². The smallest absolute Gasteiger partial charge is 0.366 e. The number of nitrogens with two attached hydrogens (primary N) is 1. The molecule has 0 aromatic carbocycles. The molecule has 0 spiro atoms. The molecule has 9 heteroatoms. The molecule has 100 valence electrons. The third kappa shape index (κ3) is 2.54. The van der Waals surface area contributed by atoms with Gasteiger partial charge in [0.25, 0.3) is 5.91 Å². The minimum absolute atomic E-state index is 0.0474. The molecule has 0 bridgehead atoms. The number of aromatic nitrogens is 3. The first kappa shape index (κ1) is 12.7. The molecule has 1 saturated heterocycles. The zero-order valence-electron chi connectivity index (χ0n) is 9.37. The Balaban J connectivity index is 2.07. The van der Waals surface area contributed by atoms with Crippen molar-refractivity contribution >= 4 is 11.9 Å². The van der Waals surface area contributed by atoms with Gasteiger partial charge in [0, 0.05) is 13.1 Å². The molecule has 1 atom stereocenters. The molecule has 1 aliphatic rings. The number of carbonyl (C=O) groups is 1. The summed E-state index contributed by atoms with van der Waals surface area (Å²) in [7, 11) is 0. The Labute approximate surface area is 100 Å². The van der Waals surface area contributed by atoms with E-state index in [1.165, 1.54) is 0 Å². The monoisotopic (exact) mass is 263 g/mol. The number of halogens is 3. The third-order valence-corrected chi connectivity index (χ3v) is 2.88. The number of nitrogens with one attached hydrogen (secondary N) is 1. The summed E-state index contributed by atoms with van der Waals surface area (Å²) in [5.41, 5.74) is 5.24. The summed E-state index contributed by atoms with van der Waals surface area (Å²) in [6.07, 6.45) is -3.91. The van der Waals surface area contributed by atoms with Gasteiger partial charge in [0.2, 0.25) is 11.8 Å². The molecule has 1 unspecified atom stereocenters. The molecule has 0 saturated carbocycles. The number of anilines is 1. The standard InChI is InChI=1S/C9H12F3N5O/c10-9(11,12)5-2-1-3-17(4-5)7(18)6-14-8(13)16-15-6/h5H,1-4H2,(H3,13,14,15,16). The van der Waals surface area contributed by atoms with E-state index in [9.17, 15) is 18.0 Å². The number of hydrogen-bond acceptors (Lipinski definition) is 4. The number of rotatable bonds is 1. The molecule has 0 aliphatic carbocycles. The van der Waals surface area contributed by atoms with Gasteiger partial charge in [0.15, 0.2) is 0 Å². The van der Waals surface area contributed by atoms with Gasteiger partial charge in [0.1, 0.15) is 0 Å². The van der Waals surface area contributed by atoms with Crippen LogP contribution in [0.2, 0.25) is 0 Å². The molecule has 1 aromatic rings. The van der Waals surface area contributed by atoms with Crippen LogP contribution in [0.25, 0.3) is 0 Å². The number of alkyl halides is 3. The number of H-pyrrole nitrogens is 1. The second-order valence-corrected chi connectivity index (χ2v) is 4.17. The van der Waals surface area contributed by atoms with Crippen LogP contribution in [-0.2, 0) is 0 Å². The second kappa shape index (κ2) is 4.46. The first-order chi connectivity index (χ1) is 8.38. The minimum Gasteiger partial charge on any atom is -0.366 e. The van der Waals surface area contributed by atoms with Gasteiger partial charge in [-0.05, 0) is 12.8 Å². The summed E-state index contributed by atoms with van der Waals surface area (Å²) in [6, 6.07) is 0. The number of hydrogen-bond donors (Lipinski definition) is 2. The van der Waals surface area contributed by atoms with Crippen LogP contribution < -0.4 is 5.73 Å². The molecule has 1 aromatic heterocycles. The van der Waals surface area contributed by atoms with Crippen molar-refractivity contribution in [2.45, 2.75) is 19.0 Å². The lowest BCUT2D eigenvalue weighted by Gasteiger charge is -2.33. The van der Waals surface area contributed by atoms with Gasteiger partial charge < -0.3 is 10.6 Å². The van der Waals surface area contributed by atoms with Crippen molar-refractivity contribution in [3.05, 3.63) is 5.82 Å². The fourth-order valence-electron chi connectivity index (χ4n) is 1.95. The molecule has 1 aliphatic heterocycles. The minimum atomic E-state index is -4.28. The normalized spacial score (nSPS) is 21.1. The number of nitrogen functional groups attached to an aromatic ring is 1. The van der Waals surface area contributed by atoms with E-state index in [1.54, 1.807) is 0 Å². The van der Waals surface area contributed by atoms with Crippen LogP contribution in [0, 0.1) is 5.92 Å². The number of piperidine rings is 1. The maximum atomic E-state index is 12.6. The van der Waals surface area contributed by atoms with Gasteiger partial charge in [-0.15, -0.1) is 5.10 Å². The number of carbonyl (C=O) groups excluding carboxylic acids is 1. The van der Waals surface area contributed by atoms with Crippen molar-refractivity contribution in [3.63, 3.8) is 0 Å². The van der Waals surface area contributed by atoms with E-state index in [1.807, 2.05) is 0 Å². The topological polar surface area (TPSA) is 87.9 Å². The van der Waals surface area contributed by atoms with Crippen LogP contribution in [-0.4, -0.2) is 45.3 Å². The highest BCUT2D eigenvalue weighted by Gasteiger charge is 2.43. The lowest BCUT2D eigenvalue weighted by atomic mass is 9.97. The van der Waals surface area contributed by atoms with E-state index in [-0.39, 0.29) is 31.3 Å². The summed E-state index contributed by atoms with van der Waals surface area (Å²) in [6.45, 7) is -0.0606. The van der Waals surface area contributed by atoms with Crippen LogP contribution in [0.3, 0.4) is 0 Å². The molecule has 1 fully saturated rings. The van der Waals surface area contributed by atoms with E-state index >= 15 is 0 Å². The summed E-state index contributed by atoms with van der Waals surface area (Å²) in [5.74, 6) is -2.32. The van der Waals surface area contributed by atoms with Gasteiger partial charge in [-0.1, -0.05) is 0 Å². The molecule has 18 heavy (non-hydrogen) atoms. The lowest BCUT2D eigenvalue weighted by molar-refractivity contribution is -0.184. The molecule has 2 rings (SSSR count). The van der Waals surface area contributed by atoms with Crippen LogP contribution in [0.1, 0.15) is 23.5 Å². The first-order valence-electron chi connectivity index (χ1n) is 5.42. The van der Waals surface area contributed by atoms with Crippen LogP contribution in [0.5, 0.6) is 0 Å². The third-order valence-electron chi connectivity index (χ3n) is 2.88. The van der Waals surface area contributed by atoms with Gasteiger partial charge in [-0.2, -0.15) is 18.2 Å². The Hall–Kier alpha value is -1.80. The largest absolute Gasteiger partial charge is 0.393 e. The average molecular weight is 263 g/mol. The fourth-order valence-corrected chi connectivity index (χ4v) is 1.95. The van der Waals surface area contributed by atoms with Crippen molar-refractivity contribution in [2.24, 2.45) is 5.92 Å². The zero-order chi connectivity index (χ0) is 13.3. The van der Waals surface area contributed by atoms with E-state index in [0.717, 1.165) is 4.90 Å². The number of aromatic amines is 1. The SMILES string of the molecule is Nc1n[nH]c(C(=O)N2CCCC(C(F)(F)F)C2)n1. The van der Waals surface area contributed by atoms with Crippen molar-refractivity contribution in [3.8, 4) is 0 Å². The Morgan fingerprint density at radius 1 is 1.50 bits per heavy atom. The van der Waals surface area contributed by atoms with Crippen LogP contribution in [0.4, 0.5) is 19.1 Å². The predicted octanol–water partition coefficient (Wildman–Crippen LogP) is 0.801. The first-order valence-corrected chi connectivity index (χ1v) is 5.42. The second-order valence-electron chi connectivity index (χ2n) is 4.17. The highest BCUT2D eigenvalue weighted by atomic mass is 19.4. The molecule has 3 N–H and O–H groups in total. The summed E-state index contributed by atoms with van der Waals surface area (Å²) in [5, 5.41) is 5.77. The van der Waals surface area contributed by atoms with Crippen molar-refractivity contribution in [2.75, 3.05) is 18.8 Å². The van der Waals surface area contributed by atoms with Gasteiger partial charge in [-0.25, -0.2) is 0 Å². The highest BCUT2D eigenvalue weighted by molar-refractivity contribution is 5.90. The molecule has 1 amide bonds. The molecule has 6 nitrogen and oxygen atoms in total. The summed E-state index contributed by atoms with van der Waals surface area (Å²) in [4.78, 5) is 16.6. The Morgan fingerprint density at radius 3 is 2.78 bits per heavy atom. The average Bonchev–Trinajstić information content (AvgIpc) is 2.74. The summed E-state index contributed by atoms with van der Waals surface area (Å²) >= 11 is 0. The van der Waals surface area contributed by atoms with Crippen molar-refractivity contribution in [1.29, 1.82) is 0 Å². The molecule has 0 radical (unpaired) electrons. The molecular weight excluding hydrogens is 251 g/mol. The van der Waals surface area contributed by atoms with Gasteiger partial charge in [-0.3, -0.25) is 9.89 Å². The number of likely N-dealkylation sites (tertiary alicyclic amines) is 1. The van der Waals surface area contributed by atoms with Crippen LogP contribution >= 0.6 is 0 Å². The zero-order valence-corrected chi connectivity index (χ0v) is 9.37. The number of amides is 1. The Bertz CT molecular complexity index is 444. The maximum Gasteiger partial charge on any atom is 0.393 e. The Morgan fingerprint density at radius 2 is 2.22 bits per heavy atom. The maximum absolute atomic E-state index is 12.6. The van der Waals surface area contributed by atoms with Crippen molar-refractivity contribution < 1.29 is 18.0 Å².